The molecule has 1 aliphatic rings. The number of aryl methyl sites for hydroxylation is 1. The highest BCUT2D eigenvalue weighted by Crippen LogP contribution is 2.13. The Balaban J connectivity index is 1.95. The molecule has 1 fully saturated rings. The number of carbonyl (C=O) groups excluding carboxylic acids is 1. The minimum absolute atomic E-state index is 0.0185. The van der Waals surface area contributed by atoms with E-state index in [0.717, 1.165) is 19.5 Å². The van der Waals surface area contributed by atoms with Crippen molar-refractivity contribution in [1.29, 1.82) is 0 Å². The van der Waals surface area contributed by atoms with E-state index in [-0.39, 0.29) is 11.5 Å². The van der Waals surface area contributed by atoms with E-state index in [1.807, 2.05) is 6.92 Å². The van der Waals surface area contributed by atoms with Crippen molar-refractivity contribution in [2.75, 3.05) is 18.4 Å². The lowest BCUT2D eigenvalue weighted by atomic mass is 10.0. The van der Waals surface area contributed by atoms with Crippen LogP contribution in [0.3, 0.4) is 0 Å². The fraction of sp³-hybridized carbons (Fsp3) is 0.538. The molecular weight excluding hydrogens is 230 g/mol. The second-order valence-electron chi connectivity index (χ2n) is 4.65. The number of rotatable bonds is 4. The van der Waals surface area contributed by atoms with Crippen molar-refractivity contribution < 1.29 is 4.79 Å². The molecule has 0 radical (unpaired) electrons. The molecule has 5 heteroatoms. The minimum atomic E-state index is -0.0458. The van der Waals surface area contributed by atoms with Crippen molar-refractivity contribution in [3.63, 3.8) is 0 Å². The monoisotopic (exact) mass is 249 g/mol. The number of aromatic nitrogens is 1. The van der Waals surface area contributed by atoms with Crippen molar-refractivity contribution in [3.8, 4) is 0 Å². The summed E-state index contributed by atoms with van der Waals surface area (Å²) in [4.78, 5) is 23.2. The lowest BCUT2D eigenvalue weighted by Gasteiger charge is -2.10. The number of nitrogens with one attached hydrogen (secondary N) is 2. The molecule has 1 unspecified atom stereocenters. The molecule has 2 heterocycles. The van der Waals surface area contributed by atoms with E-state index in [1.165, 1.54) is 6.07 Å². The zero-order chi connectivity index (χ0) is 13.0. The Morgan fingerprint density at radius 2 is 2.39 bits per heavy atom. The standard InChI is InChI=1S/C13H19N3O2/c1-2-16-9-11(3-4-13(16)18)15-12(17)7-10-5-6-14-8-10/h3-4,9-10,14H,2,5-8H2,1H3,(H,15,17). The number of anilines is 1. The van der Waals surface area contributed by atoms with Crippen LogP contribution in [0.2, 0.25) is 0 Å². The second kappa shape index (κ2) is 5.82. The molecule has 18 heavy (non-hydrogen) atoms. The molecule has 1 saturated heterocycles. The Morgan fingerprint density at radius 1 is 1.56 bits per heavy atom. The molecule has 1 aliphatic heterocycles. The smallest absolute Gasteiger partial charge is 0.250 e. The number of pyridine rings is 1. The average Bonchev–Trinajstić information content (AvgIpc) is 2.84. The maximum Gasteiger partial charge on any atom is 0.250 e. The first-order chi connectivity index (χ1) is 8.69. The lowest BCUT2D eigenvalue weighted by Crippen LogP contribution is -2.21. The highest BCUT2D eigenvalue weighted by atomic mass is 16.1. The van der Waals surface area contributed by atoms with Gasteiger partial charge in [-0.1, -0.05) is 0 Å². The minimum Gasteiger partial charge on any atom is -0.325 e. The first-order valence-corrected chi connectivity index (χ1v) is 6.40. The summed E-state index contributed by atoms with van der Waals surface area (Å²) in [5.74, 6) is 0.451. The fourth-order valence-corrected chi connectivity index (χ4v) is 2.22. The van der Waals surface area contributed by atoms with Crippen LogP contribution in [0, 0.1) is 5.92 Å². The molecule has 0 aromatic carbocycles. The van der Waals surface area contributed by atoms with Crippen molar-refractivity contribution in [2.45, 2.75) is 26.3 Å². The highest BCUT2D eigenvalue weighted by Gasteiger charge is 2.18. The van der Waals surface area contributed by atoms with Crippen molar-refractivity contribution in [1.82, 2.24) is 9.88 Å². The van der Waals surface area contributed by atoms with Gasteiger partial charge in [0.15, 0.2) is 0 Å². The molecule has 1 aromatic heterocycles. The Bertz CT molecular complexity index is 475. The largest absolute Gasteiger partial charge is 0.325 e. The highest BCUT2D eigenvalue weighted by molar-refractivity contribution is 5.90. The van der Waals surface area contributed by atoms with Gasteiger partial charge in [0.2, 0.25) is 5.91 Å². The van der Waals surface area contributed by atoms with Crippen LogP contribution in [0.4, 0.5) is 5.69 Å². The third kappa shape index (κ3) is 3.20. The van der Waals surface area contributed by atoms with Gasteiger partial charge in [0.05, 0.1) is 5.69 Å². The Morgan fingerprint density at radius 3 is 3.06 bits per heavy atom. The predicted octanol–water partition coefficient (Wildman–Crippen LogP) is 0.806. The summed E-state index contributed by atoms with van der Waals surface area (Å²) in [5.41, 5.74) is 0.642. The molecule has 1 aromatic rings. The fourth-order valence-electron chi connectivity index (χ4n) is 2.22. The summed E-state index contributed by atoms with van der Waals surface area (Å²) in [5, 5.41) is 6.09. The summed E-state index contributed by atoms with van der Waals surface area (Å²) < 4.78 is 1.58. The van der Waals surface area contributed by atoms with Crippen molar-refractivity contribution in [2.24, 2.45) is 5.92 Å². The van der Waals surface area contributed by atoms with Crippen molar-refractivity contribution >= 4 is 11.6 Å². The third-order valence-electron chi connectivity index (χ3n) is 3.24. The van der Waals surface area contributed by atoms with Crippen LogP contribution >= 0.6 is 0 Å². The van der Waals surface area contributed by atoms with E-state index in [9.17, 15) is 9.59 Å². The van der Waals surface area contributed by atoms with Gasteiger partial charge < -0.3 is 15.2 Å². The van der Waals surface area contributed by atoms with Crippen LogP contribution in [0.5, 0.6) is 0 Å². The summed E-state index contributed by atoms with van der Waals surface area (Å²) in [6.07, 6.45) is 3.28. The summed E-state index contributed by atoms with van der Waals surface area (Å²) >= 11 is 0. The van der Waals surface area contributed by atoms with E-state index in [0.29, 0.717) is 24.6 Å². The maximum atomic E-state index is 11.8. The van der Waals surface area contributed by atoms with E-state index in [1.54, 1.807) is 16.8 Å². The van der Waals surface area contributed by atoms with Crippen LogP contribution < -0.4 is 16.2 Å². The Hall–Kier alpha value is -1.62. The van der Waals surface area contributed by atoms with Crippen LogP contribution in [0.25, 0.3) is 0 Å². The van der Waals surface area contributed by atoms with E-state index in [2.05, 4.69) is 10.6 Å². The summed E-state index contributed by atoms with van der Waals surface area (Å²) in [6, 6.07) is 3.13. The van der Waals surface area contributed by atoms with Crippen LogP contribution in [0.15, 0.2) is 23.1 Å². The SMILES string of the molecule is CCn1cc(NC(=O)CC2CCNC2)ccc1=O. The van der Waals surface area contributed by atoms with Crippen LogP contribution in [-0.2, 0) is 11.3 Å². The van der Waals surface area contributed by atoms with Gasteiger partial charge in [0.1, 0.15) is 0 Å². The number of hydrogen-bond acceptors (Lipinski definition) is 3. The summed E-state index contributed by atoms with van der Waals surface area (Å²) in [6.45, 7) is 4.42. The average molecular weight is 249 g/mol. The molecular formula is C13H19N3O2. The van der Waals surface area contributed by atoms with Gasteiger partial charge in [0, 0.05) is 25.2 Å². The zero-order valence-corrected chi connectivity index (χ0v) is 10.6. The number of amides is 1. The molecule has 1 amide bonds. The van der Waals surface area contributed by atoms with Gasteiger partial charge in [-0.3, -0.25) is 9.59 Å². The summed E-state index contributed by atoms with van der Waals surface area (Å²) in [7, 11) is 0. The van der Waals surface area contributed by atoms with Gasteiger partial charge >= 0.3 is 0 Å². The number of nitrogens with zero attached hydrogens (tertiary/aromatic N) is 1. The molecule has 5 nitrogen and oxygen atoms in total. The quantitative estimate of drug-likeness (QED) is 0.830. The van der Waals surface area contributed by atoms with Gasteiger partial charge in [-0.05, 0) is 38.4 Å². The number of hydrogen-bond donors (Lipinski definition) is 2. The van der Waals surface area contributed by atoms with Gasteiger partial charge in [-0.2, -0.15) is 0 Å². The molecule has 2 rings (SSSR count). The topological polar surface area (TPSA) is 63.1 Å². The molecule has 0 spiro atoms. The van der Waals surface area contributed by atoms with Gasteiger partial charge in [0.25, 0.3) is 5.56 Å². The first kappa shape index (κ1) is 12.8. The van der Waals surface area contributed by atoms with Crippen LogP contribution in [-0.4, -0.2) is 23.6 Å². The maximum absolute atomic E-state index is 11.8. The first-order valence-electron chi connectivity index (χ1n) is 6.40. The predicted molar refractivity (Wildman–Crippen MR) is 70.6 cm³/mol. The normalized spacial score (nSPS) is 18.8. The van der Waals surface area contributed by atoms with Crippen molar-refractivity contribution in [3.05, 3.63) is 28.7 Å². The van der Waals surface area contributed by atoms with E-state index < -0.39 is 0 Å². The molecule has 98 valence electrons. The molecule has 0 aliphatic carbocycles. The zero-order valence-electron chi connectivity index (χ0n) is 10.6. The van der Waals surface area contributed by atoms with E-state index >= 15 is 0 Å². The van der Waals surface area contributed by atoms with Gasteiger partial charge in [-0.25, -0.2) is 0 Å². The van der Waals surface area contributed by atoms with Gasteiger partial charge in [-0.15, -0.1) is 0 Å². The Labute approximate surface area is 106 Å². The molecule has 0 saturated carbocycles. The lowest BCUT2D eigenvalue weighted by molar-refractivity contribution is -0.116. The molecule has 1 atom stereocenters. The Kier molecular flexibility index (Phi) is 4.15. The molecule has 2 N–H and O–H groups in total. The van der Waals surface area contributed by atoms with Crippen LogP contribution in [0.1, 0.15) is 19.8 Å². The second-order valence-corrected chi connectivity index (χ2v) is 4.65. The third-order valence-corrected chi connectivity index (χ3v) is 3.24. The number of carbonyl (C=O) groups is 1. The van der Waals surface area contributed by atoms with E-state index in [4.69, 9.17) is 0 Å². The molecule has 0 bridgehead atoms.